The van der Waals surface area contributed by atoms with Crippen LogP contribution in [0, 0.1) is 6.92 Å². The Morgan fingerprint density at radius 2 is 1.93 bits per heavy atom. The zero-order valence-corrected chi connectivity index (χ0v) is 15.4. The van der Waals surface area contributed by atoms with Gasteiger partial charge in [-0.15, -0.1) is 0 Å². The molecular formula is C20H22N4O3. The fourth-order valence-corrected chi connectivity index (χ4v) is 2.58. The number of aromatic nitrogens is 2. The van der Waals surface area contributed by atoms with Crippen molar-refractivity contribution in [2.45, 2.75) is 26.7 Å². The van der Waals surface area contributed by atoms with Crippen LogP contribution in [0.15, 0.2) is 48.5 Å². The number of hydrazine groups is 1. The number of carbonyl (C=O) groups excluding carboxylic acids is 2. The third-order valence-electron chi connectivity index (χ3n) is 4.08. The van der Waals surface area contributed by atoms with Gasteiger partial charge in [-0.1, -0.05) is 43.7 Å². The van der Waals surface area contributed by atoms with Crippen molar-refractivity contribution in [3.05, 3.63) is 59.7 Å². The summed E-state index contributed by atoms with van der Waals surface area (Å²) in [5.74, 6) is -0.231. The second-order valence-electron chi connectivity index (χ2n) is 6.14. The SMILES string of the molecule is CCCCOC(=O)N(NC(=O)c1ccccc1)c1nc2cccc(C)c2[nH]1. The van der Waals surface area contributed by atoms with E-state index in [1.165, 1.54) is 0 Å². The van der Waals surface area contributed by atoms with Crippen molar-refractivity contribution in [1.82, 2.24) is 15.4 Å². The first-order valence-electron chi connectivity index (χ1n) is 8.88. The van der Waals surface area contributed by atoms with E-state index in [1.54, 1.807) is 24.3 Å². The van der Waals surface area contributed by atoms with Gasteiger partial charge in [0, 0.05) is 5.56 Å². The number of aryl methyl sites for hydroxylation is 1. The van der Waals surface area contributed by atoms with Crippen molar-refractivity contribution in [1.29, 1.82) is 0 Å². The average molecular weight is 366 g/mol. The molecule has 0 atom stereocenters. The van der Waals surface area contributed by atoms with E-state index >= 15 is 0 Å². The lowest BCUT2D eigenvalue weighted by atomic mass is 10.2. The molecule has 2 amide bonds. The Morgan fingerprint density at radius 1 is 1.15 bits per heavy atom. The number of hydrogen-bond donors (Lipinski definition) is 2. The number of para-hydroxylation sites is 1. The molecule has 1 aromatic heterocycles. The minimum Gasteiger partial charge on any atom is -0.448 e. The van der Waals surface area contributed by atoms with Crippen LogP contribution < -0.4 is 10.4 Å². The number of anilines is 1. The van der Waals surface area contributed by atoms with Gasteiger partial charge in [-0.2, -0.15) is 5.01 Å². The molecule has 7 heteroatoms. The van der Waals surface area contributed by atoms with E-state index in [0.29, 0.717) is 11.1 Å². The highest BCUT2D eigenvalue weighted by Crippen LogP contribution is 2.20. The van der Waals surface area contributed by atoms with E-state index in [0.717, 1.165) is 28.9 Å². The fraction of sp³-hybridized carbons (Fsp3) is 0.250. The summed E-state index contributed by atoms with van der Waals surface area (Å²) in [5, 5.41) is 1.02. The zero-order chi connectivity index (χ0) is 19.2. The number of nitrogens with one attached hydrogen (secondary N) is 2. The first-order chi connectivity index (χ1) is 13.1. The predicted molar refractivity (Wildman–Crippen MR) is 103 cm³/mol. The maximum Gasteiger partial charge on any atom is 0.436 e. The van der Waals surface area contributed by atoms with Gasteiger partial charge in [0.2, 0.25) is 5.95 Å². The Kier molecular flexibility index (Phi) is 5.71. The number of carbonyl (C=O) groups is 2. The van der Waals surface area contributed by atoms with Crippen LogP contribution in [0.5, 0.6) is 0 Å². The molecule has 0 aliphatic carbocycles. The van der Waals surface area contributed by atoms with Gasteiger partial charge in [-0.25, -0.2) is 9.78 Å². The predicted octanol–water partition coefficient (Wildman–Crippen LogP) is 3.96. The summed E-state index contributed by atoms with van der Waals surface area (Å²) in [4.78, 5) is 32.6. The summed E-state index contributed by atoms with van der Waals surface area (Å²) in [6.45, 7) is 4.22. The lowest BCUT2D eigenvalue weighted by molar-refractivity contribution is 0.0933. The number of imidazole rings is 1. The lowest BCUT2D eigenvalue weighted by Gasteiger charge is -2.20. The summed E-state index contributed by atoms with van der Waals surface area (Å²) >= 11 is 0. The molecule has 27 heavy (non-hydrogen) atoms. The summed E-state index contributed by atoms with van der Waals surface area (Å²) < 4.78 is 5.27. The van der Waals surface area contributed by atoms with Crippen molar-refractivity contribution < 1.29 is 14.3 Å². The number of unbranched alkanes of at least 4 members (excludes halogenated alkanes) is 1. The smallest absolute Gasteiger partial charge is 0.436 e. The molecule has 0 aliphatic heterocycles. The molecule has 3 rings (SSSR count). The van der Waals surface area contributed by atoms with Gasteiger partial charge >= 0.3 is 6.09 Å². The average Bonchev–Trinajstić information content (AvgIpc) is 3.12. The van der Waals surface area contributed by atoms with E-state index in [4.69, 9.17) is 4.74 Å². The van der Waals surface area contributed by atoms with Crippen LogP contribution >= 0.6 is 0 Å². The van der Waals surface area contributed by atoms with Crippen LogP contribution in [0.2, 0.25) is 0 Å². The van der Waals surface area contributed by atoms with Crippen molar-refractivity contribution in [3.8, 4) is 0 Å². The minimum atomic E-state index is -0.690. The molecule has 0 fully saturated rings. The molecule has 3 aromatic rings. The zero-order valence-electron chi connectivity index (χ0n) is 15.4. The molecular weight excluding hydrogens is 344 g/mol. The van der Waals surface area contributed by atoms with Crippen molar-refractivity contribution in [2.75, 3.05) is 11.6 Å². The Morgan fingerprint density at radius 3 is 2.63 bits per heavy atom. The number of aromatic amines is 1. The van der Waals surface area contributed by atoms with E-state index in [2.05, 4.69) is 15.4 Å². The lowest BCUT2D eigenvalue weighted by Crippen LogP contribution is -2.47. The monoisotopic (exact) mass is 366 g/mol. The Balaban J connectivity index is 1.89. The van der Waals surface area contributed by atoms with Gasteiger partial charge in [0.1, 0.15) is 0 Å². The van der Waals surface area contributed by atoms with Crippen molar-refractivity contribution >= 4 is 29.0 Å². The summed E-state index contributed by atoms with van der Waals surface area (Å²) in [5.41, 5.74) is 5.49. The van der Waals surface area contributed by atoms with E-state index < -0.39 is 12.0 Å². The largest absolute Gasteiger partial charge is 0.448 e. The van der Waals surface area contributed by atoms with Crippen LogP contribution in [-0.2, 0) is 4.74 Å². The van der Waals surface area contributed by atoms with Crippen LogP contribution in [0.4, 0.5) is 10.7 Å². The van der Waals surface area contributed by atoms with Crippen molar-refractivity contribution in [3.63, 3.8) is 0 Å². The molecule has 0 saturated carbocycles. The molecule has 2 N–H and O–H groups in total. The number of nitrogens with zero attached hydrogens (tertiary/aromatic N) is 2. The molecule has 0 aliphatic rings. The Labute approximate surface area is 157 Å². The summed E-state index contributed by atoms with van der Waals surface area (Å²) in [7, 11) is 0. The molecule has 0 saturated heterocycles. The second-order valence-corrected chi connectivity index (χ2v) is 6.14. The Bertz CT molecular complexity index is 937. The first kappa shape index (κ1) is 18.4. The van der Waals surface area contributed by atoms with E-state index in [-0.39, 0.29) is 12.6 Å². The number of benzene rings is 2. The number of hydrogen-bond acceptors (Lipinski definition) is 4. The van der Waals surface area contributed by atoms with Gasteiger partial charge < -0.3 is 9.72 Å². The first-order valence-corrected chi connectivity index (χ1v) is 8.88. The van der Waals surface area contributed by atoms with Crippen LogP contribution in [0.25, 0.3) is 11.0 Å². The molecule has 140 valence electrons. The Hall–Kier alpha value is -3.35. The van der Waals surface area contributed by atoms with Crippen LogP contribution in [0.1, 0.15) is 35.7 Å². The number of fused-ring (bicyclic) bond motifs is 1. The quantitative estimate of drug-likeness (QED) is 0.528. The standard InChI is InChI=1S/C20H22N4O3/c1-3-4-13-27-20(26)24(23-18(25)15-10-6-5-7-11-15)19-21-16-12-8-9-14(2)17(16)22-19/h5-12H,3-4,13H2,1-2H3,(H,21,22)(H,23,25). The summed E-state index contributed by atoms with van der Waals surface area (Å²) in [6, 6.07) is 14.3. The molecule has 7 nitrogen and oxygen atoms in total. The second kappa shape index (κ2) is 8.35. The van der Waals surface area contributed by atoms with Gasteiger partial charge in [0.25, 0.3) is 5.91 Å². The number of rotatable bonds is 5. The molecule has 0 bridgehead atoms. The molecule has 0 unspecified atom stereocenters. The van der Waals surface area contributed by atoms with Crippen molar-refractivity contribution in [2.24, 2.45) is 0 Å². The third-order valence-corrected chi connectivity index (χ3v) is 4.08. The van der Waals surface area contributed by atoms with Gasteiger partial charge in [-0.05, 0) is 37.1 Å². The van der Waals surface area contributed by atoms with Gasteiger partial charge in [-0.3, -0.25) is 10.2 Å². The molecule has 0 radical (unpaired) electrons. The fourth-order valence-electron chi connectivity index (χ4n) is 2.58. The molecule has 1 heterocycles. The maximum absolute atomic E-state index is 12.6. The number of ether oxygens (including phenoxy) is 1. The summed E-state index contributed by atoms with van der Waals surface area (Å²) in [6.07, 6.45) is 0.948. The topological polar surface area (TPSA) is 87.3 Å². The van der Waals surface area contributed by atoms with Gasteiger partial charge in [0.05, 0.1) is 17.6 Å². The van der Waals surface area contributed by atoms with E-state index in [1.807, 2.05) is 38.1 Å². The maximum atomic E-state index is 12.6. The number of amides is 2. The molecule has 0 spiro atoms. The van der Waals surface area contributed by atoms with E-state index in [9.17, 15) is 9.59 Å². The van der Waals surface area contributed by atoms with Crippen LogP contribution in [-0.4, -0.2) is 28.6 Å². The highest BCUT2D eigenvalue weighted by Gasteiger charge is 2.24. The minimum absolute atomic E-state index is 0.199. The number of H-pyrrole nitrogens is 1. The highest BCUT2D eigenvalue weighted by atomic mass is 16.6. The normalized spacial score (nSPS) is 10.6. The molecule has 2 aromatic carbocycles. The van der Waals surface area contributed by atoms with Crippen LogP contribution in [0.3, 0.4) is 0 Å². The highest BCUT2D eigenvalue weighted by molar-refractivity contribution is 5.99. The third kappa shape index (κ3) is 4.25. The van der Waals surface area contributed by atoms with Gasteiger partial charge in [0.15, 0.2) is 0 Å².